The average molecular weight is 412 g/mol. The SMILES string of the molecule is COc1ccc(N2CCN(CC(=O)c3cc(C)n(C[C@@H]4CCCO4)c3C)CC2)cc1. The zero-order valence-corrected chi connectivity index (χ0v) is 18.4. The van der Waals surface area contributed by atoms with Gasteiger partial charge in [0.15, 0.2) is 5.78 Å². The zero-order valence-electron chi connectivity index (χ0n) is 18.4. The Morgan fingerprint density at radius 3 is 2.50 bits per heavy atom. The van der Waals surface area contributed by atoms with Gasteiger partial charge in [-0.15, -0.1) is 0 Å². The minimum atomic E-state index is 0.222. The van der Waals surface area contributed by atoms with Gasteiger partial charge in [0.25, 0.3) is 0 Å². The molecular formula is C24H33N3O3. The van der Waals surface area contributed by atoms with Crippen molar-refractivity contribution in [3.63, 3.8) is 0 Å². The minimum Gasteiger partial charge on any atom is -0.497 e. The number of carbonyl (C=O) groups is 1. The molecule has 0 aliphatic carbocycles. The number of aromatic nitrogens is 1. The fraction of sp³-hybridized carbons (Fsp3) is 0.542. The van der Waals surface area contributed by atoms with Crippen LogP contribution in [0.15, 0.2) is 30.3 Å². The number of hydrogen-bond acceptors (Lipinski definition) is 5. The van der Waals surface area contributed by atoms with Crippen LogP contribution < -0.4 is 9.64 Å². The van der Waals surface area contributed by atoms with E-state index in [1.807, 2.05) is 12.1 Å². The van der Waals surface area contributed by atoms with Crippen LogP contribution in [0.5, 0.6) is 5.75 Å². The first-order valence-corrected chi connectivity index (χ1v) is 11.0. The highest BCUT2D eigenvalue weighted by atomic mass is 16.5. The summed E-state index contributed by atoms with van der Waals surface area (Å²) in [6.45, 7) is 10.0. The van der Waals surface area contributed by atoms with Crippen molar-refractivity contribution in [2.24, 2.45) is 0 Å². The maximum Gasteiger partial charge on any atom is 0.178 e. The first kappa shape index (κ1) is 20.9. The Bertz CT molecular complexity index is 861. The van der Waals surface area contributed by atoms with E-state index < -0.39 is 0 Å². The lowest BCUT2D eigenvalue weighted by atomic mass is 10.1. The van der Waals surface area contributed by atoms with Gasteiger partial charge < -0.3 is 18.9 Å². The minimum absolute atomic E-state index is 0.222. The van der Waals surface area contributed by atoms with Crippen molar-refractivity contribution in [3.8, 4) is 5.75 Å². The topological polar surface area (TPSA) is 46.9 Å². The van der Waals surface area contributed by atoms with Gasteiger partial charge in [-0.1, -0.05) is 0 Å². The zero-order chi connectivity index (χ0) is 21.1. The number of rotatable bonds is 7. The number of nitrogens with zero attached hydrogens (tertiary/aromatic N) is 3. The molecule has 6 nitrogen and oxygen atoms in total. The van der Waals surface area contributed by atoms with Crippen LogP contribution in [-0.2, 0) is 11.3 Å². The van der Waals surface area contributed by atoms with Crippen LogP contribution in [0.1, 0.15) is 34.6 Å². The molecule has 6 heteroatoms. The number of ether oxygens (including phenoxy) is 2. The molecule has 162 valence electrons. The second-order valence-electron chi connectivity index (χ2n) is 8.41. The maximum absolute atomic E-state index is 13.0. The van der Waals surface area contributed by atoms with Crippen molar-refractivity contribution < 1.29 is 14.3 Å². The molecule has 4 rings (SSSR count). The van der Waals surface area contributed by atoms with Crippen molar-refractivity contribution in [2.75, 3.05) is 51.3 Å². The summed E-state index contributed by atoms with van der Waals surface area (Å²) in [5.74, 6) is 1.10. The van der Waals surface area contributed by atoms with Crippen LogP contribution in [0.4, 0.5) is 5.69 Å². The van der Waals surface area contributed by atoms with Gasteiger partial charge in [-0.25, -0.2) is 0 Å². The van der Waals surface area contributed by atoms with E-state index >= 15 is 0 Å². The Morgan fingerprint density at radius 1 is 1.13 bits per heavy atom. The van der Waals surface area contributed by atoms with Crippen LogP contribution in [0.2, 0.25) is 0 Å². The lowest BCUT2D eigenvalue weighted by Crippen LogP contribution is -2.48. The summed E-state index contributed by atoms with van der Waals surface area (Å²) in [6.07, 6.45) is 2.53. The van der Waals surface area contributed by atoms with Gasteiger partial charge >= 0.3 is 0 Å². The molecule has 0 spiro atoms. The number of ketones is 1. The average Bonchev–Trinajstić information content (AvgIpc) is 3.38. The molecular weight excluding hydrogens is 378 g/mol. The van der Waals surface area contributed by atoms with E-state index in [0.717, 1.165) is 74.9 Å². The third-order valence-corrected chi connectivity index (χ3v) is 6.46. The van der Waals surface area contributed by atoms with E-state index in [1.54, 1.807) is 7.11 Å². The molecule has 1 atom stereocenters. The van der Waals surface area contributed by atoms with Gasteiger partial charge in [0.2, 0.25) is 0 Å². The summed E-state index contributed by atoms with van der Waals surface area (Å²) < 4.78 is 13.3. The number of hydrogen-bond donors (Lipinski definition) is 0. The third-order valence-electron chi connectivity index (χ3n) is 6.46. The molecule has 3 heterocycles. The van der Waals surface area contributed by atoms with Crippen molar-refractivity contribution in [3.05, 3.63) is 47.3 Å². The van der Waals surface area contributed by atoms with Gasteiger partial charge in [-0.2, -0.15) is 0 Å². The van der Waals surface area contributed by atoms with Gasteiger partial charge in [0, 0.05) is 62.0 Å². The Balaban J connectivity index is 1.33. The fourth-order valence-corrected chi connectivity index (χ4v) is 4.60. The van der Waals surface area contributed by atoms with E-state index in [4.69, 9.17) is 9.47 Å². The van der Waals surface area contributed by atoms with E-state index in [0.29, 0.717) is 6.54 Å². The maximum atomic E-state index is 13.0. The highest BCUT2D eigenvalue weighted by Crippen LogP contribution is 2.22. The van der Waals surface area contributed by atoms with Crippen LogP contribution in [0.25, 0.3) is 0 Å². The van der Waals surface area contributed by atoms with Crippen LogP contribution >= 0.6 is 0 Å². The second kappa shape index (κ2) is 9.23. The highest BCUT2D eigenvalue weighted by molar-refractivity contribution is 5.99. The number of methoxy groups -OCH3 is 1. The van der Waals surface area contributed by atoms with Crippen molar-refractivity contribution in [1.29, 1.82) is 0 Å². The quantitative estimate of drug-likeness (QED) is 0.655. The molecule has 0 bridgehead atoms. The fourth-order valence-electron chi connectivity index (χ4n) is 4.60. The largest absolute Gasteiger partial charge is 0.497 e. The summed E-state index contributed by atoms with van der Waals surface area (Å²) in [4.78, 5) is 17.7. The molecule has 30 heavy (non-hydrogen) atoms. The highest BCUT2D eigenvalue weighted by Gasteiger charge is 2.24. The van der Waals surface area contributed by atoms with Crippen molar-refractivity contribution in [2.45, 2.75) is 39.3 Å². The molecule has 0 radical (unpaired) electrons. The molecule has 1 aromatic carbocycles. The van der Waals surface area contributed by atoms with Gasteiger partial charge in [-0.3, -0.25) is 9.69 Å². The molecule has 2 aliphatic heterocycles. The van der Waals surface area contributed by atoms with Gasteiger partial charge in [-0.05, 0) is 57.0 Å². The number of aryl methyl sites for hydroxylation is 1. The standard InChI is InChI=1S/C24H33N3O3/c1-18-15-23(19(2)27(18)16-22-5-4-14-30-22)24(28)17-25-10-12-26(13-11-25)20-6-8-21(29-3)9-7-20/h6-9,15,22H,4-5,10-14,16-17H2,1-3H3/t22-/m0/s1. The van der Waals surface area contributed by atoms with Gasteiger partial charge in [0.05, 0.1) is 19.8 Å². The molecule has 2 saturated heterocycles. The van der Waals surface area contributed by atoms with Crippen LogP contribution in [0, 0.1) is 13.8 Å². The molecule has 0 unspecified atom stereocenters. The molecule has 1 aromatic heterocycles. The van der Waals surface area contributed by atoms with Crippen LogP contribution in [-0.4, -0.2) is 67.8 Å². The summed E-state index contributed by atoms with van der Waals surface area (Å²) >= 11 is 0. The first-order chi connectivity index (χ1) is 14.5. The van der Waals surface area contributed by atoms with E-state index in [9.17, 15) is 4.79 Å². The number of anilines is 1. The summed E-state index contributed by atoms with van der Waals surface area (Å²) in [5.41, 5.74) is 4.29. The lowest BCUT2D eigenvalue weighted by molar-refractivity contribution is 0.0918. The predicted molar refractivity (Wildman–Crippen MR) is 119 cm³/mol. The smallest absolute Gasteiger partial charge is 0.178 e. The Labute approximate surface area is 179 Å². The van der Waals surface area contributed by atoms with Crippen molar-refractivity contribution >= 4 is 11.5 Å². The van der Waals surface area contributed by atoms with E-state index in [-0.39, 0.29) is 11.9 Å². The second-order valence-corrected chi connectivity index (χ2v) is 8.41. The van der Waals surface area contributed by atoms with Crippen LogP contribution in [0.3, 0.4) is 0 Å². The lowest BCUT2D eigenvalue weighted by Gasteiger charge is -2.35. The number of benzene rings is 1. The van der Waals surface area contributed by atoms with Gasteiger partial charge in [0.1, 0.15) is 5.75 Å². The van der Waals surface area contributed by atoms with E-state index in [2.05, 4.69) is 46.4 Å². The molecule has 0 amide bonds. The summed E-state index contributed by atoms with van der Waals surface area (Å²) in [5, 5.41) is 0. The Kier molecular flexibility index (Phi) is 6.44. The Hall–Kier alpha value is -2.31. The van der Waals surface area contributed by atoms with E-state index in [1.165, 1.54) is 5.69 Å². The summed E-state index contributed by atoms with van der Waals surface area (Å²) in [6, 6.07) is 10.3. The molecule has 2 aromatic rings. The molecule has 2 fully saturated rings. The predicted octanol–water partition coefficient (Wildman–Crippen LogP) is 3.30. The monoisotopic (exact) mass is 411 g/mol. The molecule has 0 saturated carbocycles. The summed E-state index contributed by atoms with van der Waals surface area (Å²) in [7, 11) is 1.69. The molecule has 2 aliphatic rings. The normalized spacial score (nSPS) is 20.0. The Morgan fingerprint density at radius 2 is 1.87 bits per heavy atom. The number of Topliss-reactive ketones (excluding diaryl/α,β-unsaturated/α-hetero) is 1. The third kappa shape index (κ3) is 4.55. The number of carbonyl (C=O) groups excluding carboxylic acids is 1. The van der Waals surface area contributed by atoms with Crippen molar-refractivity contribution in [1.82, 2.24) is 9.47 Å². The first-order valence-electron chi connectivity index (χ1n) is 11.0. The number of piperazine rings is 1. The molecule has 0 N–H and O–H groups in total.